The van der Waals surface area contributed by atoms with Gasteiger partial charge in [0.15, 0.2) is 5.82 Å². The lowest BCUT2D eigenvalue weighted by Crippen LogP contribution is -2.35. The molecule has 0 aliphatic carbocycles. The highest BCUT2D eigenvalue weighted by molar-refractivity contribution is 7.89. The maximum absolute atomic E-state index is 13.9. The fourth-order valence-electron chi connectivity index (χ4n) is 1.62. The quantitative estimate of drug-likeness (QED) is 0.494. The number of non-ortho nitro benzene ring substituents is 1. The molecule has 0 fully saturated rings. The van der Waals surface area contributed by atoms with Crippen LogP contribution >= 0.6 is 0 Å². The van der Waals surface area contributed by atoms with Crippen LogP contribution in [-0.4, -0.2) is 30.7 Å². The van der Waals surface area contributed by atoms with E-state index in [4.69, 9.17) is 11.0 Å². The molecule has 1 unspecified atom stereocenters. The molecule has 1 rings (SSSR count). The van der Waals surface area contributed by atoms with Crippen molar-refractivity contribution in [1.29, 1.82) is 5.26 Å². The summed E-state index contributed by atoms with van der Waals surface area (Å²) in [5.41, 5.74) is 4.24. The van der Waals surface area contributed by atoms with Crippen molar-refractivity contribution in [2.45, 2.75) is 24.3 Å². The zero-order valence-corrected chi connectivity index (χ0v) is 12.1. The Morgan fingerprint density at radius 3 is 2.57 bits per heavy atom. The standard InChI is InChI=1S/C11H13FN4O4S/c1-7(3-4-13)15(2)21(19,20)11-9(12)5-8(16(17)18)6-10(11)14/h5-7H,3,14H2,1-2H3. The summed E-state index contributed by atoms with van der Waals surface area (Å²) in [5, 5.41) is 19.2. The largest absolute Gasteiger partial charge is 0.397 e. The average Bonchev–Trinajstić information content (AvgIpc) is 2.36. The summed E-state index contributed by atoms with van der Waals surface area (Å²) < 4.78 is 39.3. The number of nitrogen functional groups attached to an aromatic ring is 1. The third-order valence-corrected chi connectivity index (χ3v) is 4.98. The summed E-state index contributed by atoms with van der Waals surface area (Å²) >= 11 is 0. The highest BCUT2D eigenvalue weighted by Gasteiger charge is 2.31. The van der Waals surface area contributed by atoms with Crippen LogP contribution in [0.15, 0.2) is 17.0 Å². The smallest absolute Gasteiger partial charge is 0.274 e. The first-order valence-electron chi connectivity index (χ1n) is 5.71. The van der Waals surface area contributed by atoms with Crippen LogP contribution < -0.4 is 5.73 Å². The van der Waals surface area contributed by atoms with E-state index < -0.39 is 43.1 Å². The number of halogens is 1. The van der Waals surface area contributed by atoms with Gasteiger partial charge in [-0.1, -0.05) is 0 Å². The van der Waals surface area contributed by atoms with E-state index in [1.807, 2.05) is 0 Å². The van der Waals surface area contributed by atoms with E-state index in [0.717, 1.165) is 10.4 Å². The Bertz CT molecular complexity index is 690. The van der Waals surface area contributed by atoms with Gasteiger partial charge in [-0.25, -0.2) is 12.8 Å². The van der Waals surface area contributed by atoms with Crippen LogP contribution in [0.4, 0.5) is 15.8 Å². The van der Waals surface area contributed by atoms with E-state index in [9.17, 15) is 22.9 Å². The molecular weight excluding hydrogens is 303 g/mol. The first-order valence-corrected chi connectivity index (χ1v) is 7.15. The van der Waals surface area contributed by atoms with E-state index in [1.165, 1.54) is 14.0 Å². The van der Waals surface area contributed by atoms with Gasteiger partial charge in [0, 0.05) is 19.2 Å². The number of nitriles is 1. The van der Waals surface area contributed by atoms with Crippen LogP contribution in [0.3, 0.4) is 0 Å². The van der Waals surface area contributed by atoms with Gasteiger partial charge in [-0.05, 0) is 6.92 Å². The number of nitrogens with zero attached hydrogens (tertiary/aromatic N) is 3. The van der Waals surface area contributed by atoms with Crippen molar-refractivity contribution >= 4 is 21.4 Å². The van der Waals surface area contributed by atoms with Gasteiger partial charge in [-0.3, -0.25) is 10.1 Å². The highest BCUT2D eigenvalue weighted by Crippen LogP contribution is 2.30. The maximum atomic E-state index is 13.9. The van der Waals surface area contributed by atoms with Crippen LogP contribution in [0.25, 0.3) is 0 Å². The molecule has 0 aliphatic rings. The number of hydrogen-bond donors (Lipinski definition) is 1. The molecule has 0 saturated heterocycles. The predicted octanol–water partition coefficient (Wildman–Crippen LogP) is 1.24. The van der Waals surface area contributed by atoms with Crippen molar-refractivity contribution in [3.05, 3.63) is 28.1 Å². The number of sulfonamides is 1. The predicted molar refractivity (Wildman–Crippen MR) is 72.1 cm³/mol. The lowest BCUT2D eigenvalue weighted by atomic mass is 10.3. The van der Waals surface area contributed by atoms with Gasteiger partial charge in [0.2, 0.25) is 10.0 Å². The average molecular weight is 316 g/mol. The molecule has 1 atom stereocenters. The van der Waals surface area contributed by atoms with E-state index in [0.29, 0.717) is 6.07 Å². The molecule has 114 valence electrons. The van der Waals surface area contributed by atoms with Crippen molar-refractivity contribution in [1.82, 2.24) is 4.31 Å². The third kappa shape index (κ3) is 3.26. The normalized spacial score (nSPS) is 12.9. The second-order valence-electron chi connectivity index (χ2n) is 4.34. The molecule has 0 spiro atoms. The van der Waals surface area contributed by atoms with E-state index >= 15 is 0 Å². The zero-order chi connectivity index (χ0) is 16.4. The molecule has 0 aliphatic heterocycles. The number of nitro benzene ring substituents is 1. The molecular formula is C11H13FN4O4S. The first-order chi connectivity index (χ1) is 9.62. The topological polar surface area (TPSA) is 130 Å². The van der Waals surface area contributed by atoms with Crippen molar-refractivity contribution in [2.75, 3.05) is 12.8 Å². The Kier molecular flexibility index (Phi) is 4.82. The molecule has 1 aromatic carbocycles. The molecule has 0 amide bonds. The van der Waals surface area contributed by atoms with Crippen LogP contribution in [0, 0.1) is 27.3 Å². The summed E-state index contributed by atoms with van der Waals surface area (Å²) in [7, 11) is -3.13. The highest BCUT2D eigenvalue weighted by atomic mass is 32.2. The van der Waals surface area contributed by atoms with Gasteiger partial charge < -0.3 is 5.73 Å². The number of nitrogens with two attached hydrogens (primary N) is 1. The number of nitro groups is 1. The molecule has 0 heterocycles. The van der Waals surface area contributed by atoms with Gasteiger partial charge in [0.1, 0.15) is 4.90 Å². The molecule has 8 nitrogen and oxygen atoms in total. The molecule has 0 bridgehead atoms. The minimum absolute atomic E-state index is 0.0930. The van der Waals surface area contributed by atoms with E-state index in [2.05, 4.69) is 0 Å². The Morgan fingerprint density at radius 2 is 2.14 bits per heavy atom. The fourth-order valence-corrected chi connectivity index (χ4v) is 3.12. The van der Waals surface area contributed by atoms with Crippen molar-refractivity contribution in [2.24, 2.45) is 0 Å². The van der Waals surface area contributed by atoms with Gasteiger partial charge in [0.05, 0.1) is 29.2 Å². The van der Waals surface area contributed by atoms with Gasteiger partial charge in [0.25, 0.3) is 5.69 Å². The number of rotatable bonds is 5. The van der Waals surface area contributed by atoms with E-state index in [1.54, 1.807) is 6.07 Å². The molecule has 0 saturated carbocycles. The lowest BCUT2D eigenvalue weighted by Gasteiger charge is -2.23. The van der Waals surface area contributed by atoms with Gasteiger partial charge >= 0.3 is 0 Å². The maximum Gasteiger partial charge on any atom is 0.274 e. The number of hydrogen-bond acceptors (Lipinski definition) is 6. The van der Waals surface area contributed by atoms with Crippen molar-refractivity contribution < 1.29 is 17.7 Å². The number of benzene rings is 1. The Morgan fingerprint density at radius 1 is 1.57 bits per heavy atom. The Labute approximate surface area is 120 Å². The Hall–Kier alpha value is -2.25. The zero-order valence-electron chi connectivity index (χ0n) is 11.3. The minimum Gasteiger partial charge on any atom is -0.397 e. The van der Waals surface area contributed by atoms with Gasteiger partial charge in [-0.15, -0.1) is 0 Å². The van der Waals surface area contributed by atoms with Crippen LogP contribution in [0.5, 0.6) is 0 Å². The Balaban J connectivity index is 3.40. The summed E-state index contributed by atoms with van der Waals surface area (Å²) in [4.78, 5) is 8.87. The van der Waals surface area contributed by atoms with Gasteiger partial charge in [-0.2, -0.15) is 9.57 Å². The minimum atomic E-state index is -4.30. The summed E-state index contributed by atoms with van der Waals surface area (Å²) in [5.74, 6) is -1.31. The second-order valence-corrected chi connectivity index (χ2v) is 6.27. The van der Waals surface area contributed by atoms with E-state index in [-0.39, 0.29) is 6.42 Å². The summed E-state index contributed by atoms with van der Waals surface area (Å²) in [6, 6.07) is 2.37. The molecule has 1 aromatic rings. The van der Waals surface area contributed by atoms with Crippen LogP contribution in [0.2, 0.25) is 0 Å². The molecule has 0 aromatic heterocycles. The second kappa shape index (κ2) is 6.02. The first kappa shape index (κ1) is 16.8. The lowest BCUT2D eigenvalue weighted by molar-refractivity contribution is -0.385. The monoisotopic (exact) mass is 316 g/mol. The molecule has 0 radical (unpaired) electrons. The summed E-state index contributed by atoms with van der Waals surface area (Å²) in [6.45, 7) is 1.47. The molecule has 21 heavy (non-hydrogen) atoms. The van der Waals surface area contributed by atoms with Crippen molar-refractivity contribution in [3.8, 4) is 6.07 Å². The van der Waals surface area contributed by atoms with Crippen LogP contribution in [-0.2, 0) is 10.0 Å². The summed E-state index contributed by atoms with van der Waals surface area (Å²) in [6.07, 6.45) is -0.0930. The van der Waals surface area contributed by atoms with Crippen LogP contribution in [0.1, 0.15) is 13.3 Å². The molecule has 2 N–H and O–H groups in total. The number of anilines is 1. The third-order valence-electron chi connectivity index (χ3n) is 2.91. The fraction of sp³-hybridized carbons (Fsp3) is 0.364. The SMILES string of the molecule is CC(CC#N)N(C)S(=O)(=O)c1c(N)cc([N+](=O)[O-])cc1F. The van der Waals surface area contributed by atoms with Crippen molar-refractivity contribution in [3.63, 3.8) is 0 Å². The molecule has 10 heteroatoms.